The number of furan rings is 1. The van der Waals surface area contributed by atoms with E-state index in [2.05, 4.69) is 144 Å². The van der Waals surface area contributed by atoms with Gasteiger partial charge >= 0.3 is 0 Å². The molecular weight excluding hydrogens is 711 g/mol. The molecule has 0 fully saturated rings. The van der Waals surface area contributed by atoms with Gasteiger partial charge in [-0.05, 0) is 60.4 Å². The first-order valence-corrected chi connectivity index (χ1v) is 19.7. The Hall–Kier alpha value is -7.70. The van der Waals surface area contributed by atoms with Crippen LogP contribution in [0.1, 0.15) is 17.7 Å². The summed E-state index contributed by atoms with van der Waals surface area (Å²) >= 11 is 0. The topological polar surface area (TPSA) is 69.6 Å². The molecule has 0 N–H and O–H groups in total. The number of benzene rings is 7. The Labute approximate surface area is 333 Å². The highest BCUT2D eigenvalue weighted by Crippen LogP contribution is 2.42. The van der Waals surface area contributed by atoms with Crippen molar-refractivity contribution >= 4 is 60.6 Å². The minimum atomic E-state index is 0.620. The molecule has 12 rings (SSSR count). The monoisotopic (exact) mass is 743 g/mol. The van der Waals surface area contributed by atoms with E-state index in [1.165, 1.54) is 16.6 Å². The molecule has 0 saturated heterocycles. The van der Waals surface area contributed by atoms with Gasteiger partial charge in [0.2, 0.25) is 5.95 Å². The van der Waals surface area contributed by atoms with Gasteiger partial charge in [0.15, 0.2) is 11.6 Å². The van der Waals surface area contributed by atoms with Crippen LogP contribution < -0.4 is 0 Å². The molecule has 11 aromatic rings. The van der Waals surface area contributed by atoms with E-state index in [4.69, 9.17) is 24.4 Å². The molecule has 4 aromatic heterocycles. The van der Waals surface area contributed by atoms with Crippen LogP contribution in [-0.2, 0) is 6.42 Å². The van der Waals surface area contributed by atoms with Gasteiger partial charge in [0.1, 0.15) is 11.2 Å². The smallest absolute Gasteiger partial charge is 0.238 e. The first-order chi connectivity index (χ1) is 28.7. The predicted octanol–water partition coefficient (Wildman–Crippen LogP) is 13.0. The normalized spacial score (nSPS) is 12.6. The number of hydrogen-bond donors (Lipinski definition) is 0. The average molecular weight is 744 g/mol. The van der Waals surface area contributed by atoms with Crippen molar-refractivity contribution in [3.05, 3.63) is 181 Å². The van der Waals surface area contributed by atoms with Gasteiger partial charge < -0.3 is 4.42 Å². The molecule has 6 nitrogen and oxygen atoms in total. The summed E-state index contributed by atoms with van der Waals surface area (Å²) in [6, 6.07) is 56.8. The van der Waals surface area contributed by atoms with Crippen LogP contribution in [0.5, 0.6) is 0 Å². The highest BCUT2D eigenvalue weighted by Gasteiger charge is 2.22. The van der Waals surface area contributed by atoms with Gasteiger partial charge in [0, 0.05) is 60.3 Å². The molecule has 58 heavy (non-hydrogen) atoms. The lowest BCUT2D eigenvalue weighted by atomic mass is 9.94. The van der Waals surface area contributed by atoms with E-state index in [9.17, 15) is 0 Å². The van der Waals surface area contributed by atoms with Gasteiger partial charge in [0.05, 0.1) is 16.7 Å². The van der Waals surface area contributed by atoms with Crippen LogP contribution in [0.2, 0.25) is 0 Å². The Morgan fingerprint density at radius 2 is 1.16 bits per heavy atom. The molecule has 1 aliphatic carbocycles. The largest absolute Gasteiger partial charge is 0.456 e. The zero-order valence-corrected chi connectivity index (χ0v) is 31.3. The first kappa shape index (κ1) is 32.5. The van der Waals surface area contributed by atoms with Crippen molar-refractivity contribution in [2.75, 3.05) is 0 Å². The third-order valence-electron chi connectivity index (χ3n) is 11.5. The summed E-state index contributed by atoms with van der Waals surface area (Å²) in [5, 5.41) is 6.74. The minimum absolute atomic E-state index is 0.620. The number of allylic oxidation sites excluding steroid dienone is 1. The highest BCUT2D eigenvalue weighted by molar-refractivity contribution is 6.28. The fraction of sp³-hybridized carbons (Fsp3) is 0.0385. The Kier molecular flexibility index (Phi) is 7.25. The second kappa shape index (κ2) is 12.9. The van der Waals surface area contributed by atoms with E-state index >= 15 is 0 Å². The number of fused-ring (bicyclic) bond motifs is 10. The Bertz CT molecular complexity index is 3450. The molecular formula is C52H33N5O. The number of hydrogen-bond acceptors (Lipinski definition) is 5. The maximum Gasteiger partial charge on any atom is 0.238 e. The van der Waals surface area contributed by atoms with Crippen molar-refractivity contribution in [1.82, 2.24) is 24.5 Å². The lowest BCUT2D eigenvalue weighted by Crippen LogP contribution is -2.10. The summed E-state index contributed by atoms with van der Waals surface area (Å²) in [6.07, 6.45) is 6.39. The van der Waals surface area contributed by atoms with Gasteiger partial charge in [-0.1, -0.05) is 140 Å². The van der Waals surface area contributed by atoms with Crippen LogP contribution in [0.3, 0.4) is 0 Å². The maximum atomic E-state index is 6.38. The van der Waals surface area contributed by atoms with E-state index in [1.54, 1.807) is 0 Å². The lowest BCUT2D eigenvalue weighted by Gasteiger charge is -2.14. The van der Waals surface area contributed by atoms with Crippen LogP contribution >= 0.6 is 0 Å². The standard InChI is InChI=1S/C52H33N5O/c1-3-14-32(15-4-1)49-41-28-29-46-48(40-22-9-12-25-45(40)58-46)47(41)39-27-26-35(31-42(39)53-49)34-18-13-19-36(30-34)51-54-50(33-16-5-2-6-17-33)55-52(56-51)57-43-23-10-7-20-37(43)38-21-8-11-24-44(38)57/h1-10,12-23,25-31H,11,24H2. The van der Waals surface area contributed by atoms with Crippen molar-refractivity contribution in [2.24, 2.45) is 0 Å². The summed E-state index contributed by atoms with van der Waals surface area (Å²) in [7, 11) is 0. The predicted molar refractivity (Wildman–Crippen MR) is 236 cm³/mol. The van der Waals surface area contributed by atoms with Gasteiger partial charge in [-0.2, -0.15) is 9.97 Å². The van der Waals surface area contributed by atoms with Crippen molar-refractivity contribution < 1.29 is 4.42 Å². The van der Waals surface area contributed by atoms with E-state index < -0.39 is 0 Å². The summed E-state index contributed by atoms with van der Waals surface area (Å²) in [5.41, 5.74) is 12.2. The minimum Gasteiger partial charge on any atom is -0.456 e. The van der Waals surface area contributed by atoms with Crippen molar-refractivity contribution in [3.63, 3.8) is 0 Å². The highest BCUT2D eigenvalue weighted by atomic mass is 16.3. The molecule has 4 heterocycles. The SMILES string of the molecule is C1=Cc2c(n(-c3nc(-c4ccccc4)nc(-c4cccc(-c5ccc6c(c5)nc(-c5ccccc5)c5ccc7oc8ccccc8c7c56)c4)n3)c3ccccc23)CC1. The third-order valence-corrected chi connectivity index (χ3v) is 11.5. The van der Waals surface area contributed by atoms with E-state index in [1.807, 2.05) is 36.4 Å². The number of pyridine rings is 1. The van der Waals surface area contributed by atoms with Crippen LogP contribution in [0.25, 0.3) is 112 Å². The second-order valence-corrected chi connectivity index (χ2v) is 14.9. The summed E-state index contributed by atoms with van der Waals surface area (Å²) in [6.45, 7) is 0. The molecule has 0 aliphatic heterocycles. The molecule has 0 radical (unpaired) electrons. The van der Waals surface area contributed by atoms with E-state index in [0.29, 0.717) is 17.6 Å². The average Bonchev–Trinajstić information content (AvgIpc) is 3.85. The fourth-order valence-corrected chi connectivity index (χ4v) is 8.85. The number of nitrogens with zero attached hydrogens (tertiary/aromatic N) is 5. The maximum absolute atomic E-state index is 6.38. The molecule has 0 saturated carbocycles. The number of rotatable bonds is 5. The van der Waals surface area contributed by atoms with Gasteiger partial charge in [-0.3, -0.25) is 4.57 Å². The summed E-state index contributed by atoms with van der Waals surface area (Å²) in [4.78, 5) is 20.9. The second-order valence-electron chi connectivity index (χ2n) is 14.9. The summed E-state index contributed by atoms with van der Waals surface area (Å²) < 4.78 is 8.61. The quantitative estimate of drug-likeness (QED) is 0.164. The van der Waals surface area contributed by atoms with Crippen LogP contribution in [0, 0.1) is 0 Å². The molecule has 7 aromatic carbocycles. The molecule has 0 bridgehead atoms. The molecule has 6 heteroatoms. The number of para-hydroxylation sites is 2. The van der Waals surface area contributed by atoms with Crippen molar-refractivity contribution in [1.29, 1.82) is 0 Å². The van der Waals surface area contributed by atoms with Crippen molar-refractivity contribution in [2.45, 2.75) is 12.8 Å². The van der Waals surface area contributed by atoms with Crippen LogP contribution in [0.4, 0.5) is 0 Å². The molecule has 0 unspecified atom stereocenters. The number of aromatic nitrogens is 5. The van der Waals surface area contributed by atoms with Crippen LogP contribution in [-0.4, -0.2) is 24.5 Å². The summed E-state index contributed by atoms with van der Waals surface area (Å²) in [5.74, 6) is 1.88. The Morgan fingerprint density at radius 3 is 2.02 bits per heavy atom. The lowest BCUT2D eigenvalue weighted by molar-refractivity contribution is 0.669. The van der Waals surface area contributed by atoms with Gasteiger partial charge in [-0.15, -0.1) is 0 Å². The van der Waals surface area contributed by atoms with Gasteiger partial charge in [-0.25, -0.2) is 9.97 Å². The fourth-order valence-electron chi connectivity index (χ4n) is 8.85. The molecule has 0 atom stereocenters. The third kappa shape index (κ3) is 5.12. The van der Waals surface area contributed by atoms with Gasteiger partial charge in [0.25, 0.3) is 0 Å². The molecule has 0 spiro atoms. The van der Waals surface area contributed by atoms with Crippen LogP contribution in [0.15, 0.2) is 174 Å². The van der Waals surface area contributed by atoms with E-state index in [0.717, 1.165) is 95.5 Å². The zero-order chi connectivity index (χ0) is 38.2. The first-order valence-electron chi connectivity index (χ1n) is 19.7. The zero-order valence-electron chi connectivity index (χ0n) is 31.3. The van der Waals surface area contributed by atoms with E-state index in [-0.39, 0.29) is 0 Å². The molecule has 272 valence electrons. The molecule has 0 amide bonds. The Balaban J connectivity index is 1.05. The van der Waals surface area contributed by atoms with Crippen molar-refractivity contribution in [3.8, 4) is 51.1 Å². The molecule has 1 aliphatic rings. The Morgan fingerprint density at radius 1 is 0.466 bits per heavy atom.